The number of esters is 1. The van der Waals surface area contributed by atoms with Crippen molar-refractivity contribution in [3.05, 3.63) is 47.5 Å². The first-order valence-electron chi connectivity index (χ1n) is 8.69. The Balaban J connectivity index is 2.17. The van der Waals surface area contributed by atoms with Gasteiger partial charge in [0.2, 0.25) is 0 Å². The maximum absolute atomic E-state index is 12.2. The highest BCUT2D eigenvalue weighted by Crippen LogP contribution is 2.44. The molecule has 1 aliphatic carbocycles. The van der Waals surface area contributed by atoms with Crippen LogP contribution in [0.2, 0.25) is 0 Å². The number of carbonyl (C=O) groups is 1. The van der Waals surface area contributed by atoms with E-state index < -0.39 is 0 Å². The van der Waals surface area contributed by atoms with Gasteiger partial charge in [0.1, 0.15) is 18.1 Å². The quantitative estimate of drug-likeness (QED) is 0.342. The van der Waals surface area contributed by atoms with Gasteiger partial charge in [0.25, 0.3) is 0 Å². The van der Waals surface area contributed by atoms with E-state index in [1.807, 2.05) is 24.3 Å². The summed E-state index contributed by atoms with van der Waals surface area (Å²) in [6.07, 6.45) is 4.01. The highest BCUT2D eigenvalue weighted by Gasteiger charge is 2.25. The zero-order chi connectivity index (χ0) is 17.8. The molecule has 132 valence electrons. The molecule has 0 N–H and O–H groups in total. The minimum atomic E-state index is -0.383. The van der Waals surface area contributed by atoms with Gasteiger partial charge in [-0.15, -0.1) is 0 Å². The molecule has 0 aromatic heterocycles. The fourth-order valence-corrected chi connectivity index (χ4v) is 3.30. The molecular formula is C21H24O4. The molecule has 0 bridgehead atoms. The molecule has 0 atom stereocenters. The SMILES string of the molecule is C=C(C)C(=O)Oc1c2c(c(OCCOC)c3ccccc13)CCCC2. The van der Waals surface area contributed by atoms with Crippen molar-refractivity contribution in [3.63, 3.8) is 0 Å². The van der Waals surface area contributed by atoms with Crippen molar-refractivity contribution in [2.75, 3.05) is 20.3 Å². The van der Waals surface area contributed by atoms with Gasteiger partial charge in [0.05, 0.1) is 6.61 Å². The van der Waals surface area contributed by atoms with E-state index >= 15 is 0 Å². The predicted octanol–water partition coefficient (Wildman–Crippen LogP) is 4.23. The Hall–Kier alpha value is -2.33. The summed E-state index contributed by atoms with van der Waals surface area (Å²) in [6.45, 7) is 6.40. The number of rotatable bonds is 6. The Bertz CT molecular complexity index is 807. The van der Waals surface area contributed by atoms with Crippen molar-refractivity contribution < 1.29 is 19.0 Å². The fourth-order valence-electron chi connectivity index (χ4n) is 3.30. The number of ether oxygens (including phenoxy) is 3. The van der Waals surface area contributed by atoms with Gasteiger partial charge in [-0.05, 0) is 32.6 Å². The molecule has 0 unspecified atom stereocenters. The molecule has 4 nitrogen and oxygen atoms in total. The number of methoxy groups -OCH3 is 1. The molecule has 0 saturated carbocycles. The fraction of sp³-hybridized carbons (Fsp3) is 0.381. The molecule has 0 aliphatic heterocycles. The van der Waals surface area contributed by atoms with Crippen molar-refractivity contribution in [2.45, 2.75) is 32.6 Å². The summed E-state index contributed by atoms with van der Waals surface area (Å²) in [5, 5.41) is 1.88. The van der Waals surface area contributed by atoms with Crippen LogP contribution in [0.15, 0.2) is 36.4 Å². The van der Waals surface area contributed by atoms with Crippen LogP contribution in [0.25, 0.3) is 10.8 Å². The number of benzene rings is 2. The second kappa shape index (κ2) is 7.70. The smallest absolute Gasteiger partial charge is 0.338 e. The largest absolute Gasteiger partial charge is 0.490 e. The second-order valence-corrected chi connectivity index (χ2v) is 6.38. The van der Waals surface area contributed by atoms with E-state index in [0.717, 1.165) is 53.3 Å². The van der Waals surface area contributed by atoms with E-state index in [4.69, 9.17) is 14.2 Å². The first-order valence-corrected chi connectivity index (χ1v) is 8.69. The molecule has 1 aliphatic rings. The molecule has 25 heavy (non-hydrogen) atoms. The van der Waals surface area contributed by atoms with E-state index in [0.29, 0.717) is 24.5 Å². The summed E-state index contributed by atoms with van der Waals surface area (Å²) in [5.74, 6) is 1.18. The molecule has 2 aromatic carbocycles. The molecule has 2 aromatic rings. The Morgan fingerprint density at radius 3 is 2.24 bits per heavy atom. The van der Waals surface area contributed by atoms with Gasteiger partial charge in [-0.3, -0.25) is 0 Å². The molecule has 0 saturated heterocycles. The molecule has 0 amide bonds. The predicted molar refractivity (Wildman–Crippen MR) is 98.4 cm³/mol. The van der Waals surface area contributed by atoms with E-state index in [1.165, 1.54) is 0 Å². The first-order chi connectivity index (χ1) is 12.1. The van der Waals surface area contributed by atoms with Gasteiger partial charge in [0.15, 0.2) is 0 Å². The maximum atomic E-state index is 12.2. The van der Waals surface area contributed by atoms with Crippen LogP contribution in [0, 0.1) is 0 Å². The van der Waals surface area contributed by atoms with Crippen LogP contribution in [-0.4, -0.2) is 26.3 Å². The van der Waals surface area contributed by atoms with Gasteiger partial charge >= 0.3 is 5.97 Å². The Labute approximate surface area is 148 Å². The second-order valence-electron chi connectivity index (χ2n) is 6.38. The third kappa shape index (κ3) is 3.54. The Morgan fingerprint density at radius 2 is 1.64 bits per heavy atom. The van der Waals surface area contributed by atoms with Crippen molar-refractivity contribution in [1.29, 1.82) is 0 Å². The third-order valence-corrected chi connectivity index (χ3v) is 4.51. The lowest BCUT2D eigenvalue weighted by Crippen LogP contribution is -2.15. The van der Waals surface area contributed by atoms with Crippen LogP contribution in [0.1, 0.15) is 30.9 Å². The molecule has 0 heterocycles. The number of fused-ring (bicyclic) bond motifs is 2. The molecule has 3 rings (SSSR count). The Kier molecular flexibility index (Phi) is 5.39. The van der Waals surface area contributed by atoms with Gasteiger partial charge < -0.3 is 14.2 Å². The lowest BCUT2D eigenvalue weighted by atomic mass is 9.87. The zero-order valence-corrected chi connectivity index (χ0v) is 14.9. The standard InChI is InChI=1S/C21H24O4/c1-14(2)21(22)25-20-17-10-6-4-8-15(17)19(24-13-12-23-3)16-9-5-7-11-18(16)20/h4,6,8,10H,1,5,7,9,11-13H2,2-3H3. The third-order valence-electron chi connectivity index (χ3n) is 4.51. The van der Waals surface area contributed by atoms with E-state index in [9.17, 15) is 4.79 Å². The highest BCUT2D eigenvalue weighted by molar-refractivity contribution is 5.99. The molecule has 4 heteroatoms. The Morgan fingerprint density at radius 1 is 1.04 bits per heavy atom. The average Bonchev–Trinajstić information content (AvgIpc) is 2.63. The minimum Gasteiger partial charge on any atom is -0.490 e. The summed E-state index contributed by atoms with van der Waals surface area (Å²) in [5.41, 5.74) is 2.64. The van der Waals surface area contributed by atoms with Crippen LogP contribution in [0.5, 0.6) is 11.5 Å². The van der Waals surface area contributed by atoms with E-state index in [-0.39, 0.29) is 5.97 Å². The van der Waals surface area contributed by atoms with Crippen LogP contribution in [-0.2, 0) is 22.4 Å². The van der Waals surface area contributed by atoms with Gasteiger partial charge in [-0.25, -0.2) is 4.79 Å². The lowest BCUT2D eigenvalue weighted by Gasteiger charge is -2.25. The lowest BCUT2D eigenvalue weighted by molar-refractivity contribution is -0.130. The first kappa shape index (κ1) is 17.5. The van der Waals surface area contributed by atoms with Gasteiger partial charge in [0, 0.05) is 34.6 Å². The number of carbonyl (C=O) groups excluding carboxylic acids is 1. The summed E-state index contributed by atoms with van der Waals surface area (Å²) >= 11 is 0. The molecule has 0 radical (unpaired) electrons. The van der Waals surface area contributed by atoms with Crippen LogP contribution >= 0.6 is 0 Å². The monoisotopic (exact) mass is 340 g/mol. The van der Waals surface area contributed by atoms with E-state index in [2.05, 4.69) is 6.58 Å². The normalized spacial score (nSPS) is 13.4. The highest BCUT2D eigenvalue weighted by atomic mass is 16.5. The van der Waals surface area contributed by atoms with Crippen molar-refractivity contribution >= 4 is 16.7 Å². The summed E-state index contributed by atoms with van der Waals surface area (Å²) in [6, 6.07) is 7.93. The van der Waals surface area contributed by atoms with Gasteiger partial charge in [-0.2, -0.15) is 0 Å². The van der Waals surface area contributed by atoms with E-state index in [1.54, 1.807) is 14.0 Å². The van der Waals surface area contributed by atoms with Crippen molar-refractivity contribution in [1.82, 2.24) is 0 Å². The zero-order valence-electron chi connectivity index (χ0n) is 14.9. The van der Waals surface area contributed by atoms with Crippen LogP contribution in [0.4, 0.5) is 0 Å². The minimum absolute atomic E-state index is 0.383. The van der Waals surface area contributed by atoms with Gasteiger partial charge in [-0.1, -0.05) is 30.8 Å². The maximum Gasteiger partial charge on any atom is 0.338 e. The topological polar surface area (TPSA) is 44.8 Å². The molecular weight excluding hydrogens is 316 g/mol. The molecule has 0 fully saturated rings. The van der Waals surface area contributed by atoms with Crippen molar-refractivity contribution in [3.8, 4) is 11.5 Å². The summed E-state index contributed by atoms with van der Waals surface area (Å²) < 4.78 is 17.0. The number of hydrogen-bond acceptors (Lipinski definition) is 4. The number of hydrogen-bond donors (Lipinski definition) is 0. The van der Waals surface area contributed by atoms with Crippen LogP contribution < -0.4 is 9.47 Å². The van der Waals surface area contributed by atoms with Crippen molar-refractivity contribution in [2.24, 2.45) is 0 Å². The van der Waals surface area contributed by atoms with Crippen LogP contribution in [0.3, 0.4) is 0 Å². The summed E-state index contributed by atoms with van der Waals surface area (Å²) in [4.78, 5) is 12.2. The average molecular weight is 340 g/mol. The molecule has 0 spiro atoms. The summed E-state index contributed by atoms with van der Waals surface area (Å²) in [7, 11) is 1.66.